The van der Waals surface area contributed by atoms with Crippen LogP contribution < -0.4 is 5.73 Å². The first-order chi connectivity index (χ1) is 8.08. The molecule has 0 aliphatic carbocycles. The van der Waals surface area contributed by atoms with E-state index >= 15 is 0 Å². The molecule has 17 heavy (non-hydrogen) atoms. The maximum atomic E-state index is 12.3. The van der Waals surface area contributed by atoms with Gasteiger partial charge in [-0.3, -0.25) is 4.79 Å². The van der Waals surface area contributed by atoms with Crippen LogP contribution in [0.5, 0.6) is 0 Å². The molecular formula is C13H18N2O2. The van der Waals surface area contributed by atoms with Gasteiger partial charge in [-0.2, -0.15) is 0 Å². The molecule has 2 N–H and O–H groups in total. The number of ether oxygens (including phenoxy) is 1. The Balaban J connectivity index is 2.17. The minimum absolute atomic E-state index is 0.00917. The van der Waals surface area contributed by atoms with E-state index in [-0.39, 0.29) is 18.1 Å². The highest BCUT2D eigenvalue weighted by Gasteiger charge is 2.27. The Bertz CT molecular complexity index is 410. The molecule has 2 atom stereocenters. The van der Waals surface area contributed by atoms with Gasteiger partial charge in [0.05, 0.1) is 17.8 Å². The number of nitrogens with zero attached hydrogens (tertiary/aromatic N) is 1. The van der Waals surface area contributed by atoms with Gasteiger partial charge in [0.1, 0.15) is 0 Å². The molecule has 0 radical (unpaired) electrons. The number of hydrogen-bond acceptors (Lipinski definition) is 3. The van der Waals surface area contributed by atoms with Gasteiger partial charge in [0.15, 0.2) is 0 Å². The van der Waals surface area contributed by atoms with Gasteiger partial charge in [-0.1, -0.05) is 12.1 Å². The summed E-state index contributed by atoms with van der Waals surface area (Å²) in [7, 11) is 0. The molecule has 1 aromatic carbocycles. The van der Waals surface area contributed by atoms with Crippen molar-refractivity contribution in [3.05, 3.63) is 29.8 Å². The fourth-order valence-electron chi connectivity index (χ4n) is 2.21. The first kappa shape index (κ1) is 11.9. The molecule has 1 aliphatic heterocycles. The summed E-state index contributed by atoms with van der Waals surface area (Å²) in [5.74, 6) is -0.00917. The summed E-state index contributed by atoms with van der Waals surface area (Å²) in [5.41, 5.74) is 6.93. The lowest BCUT2D eigenvalue weighted by Gasteiger charge is -2.35. The summed E-state index contributed by atoms with van der Waals surface area (Å²) in [6, 6.07) is 7.18. The Kier molecular flexibility index (Phi) is 3.33. The van der Waals surface area contributed by atoms with Crippen molar-refractivity contribution >= 4 is 11.6 Å². The second-order valence-electron chi connectivity index (χ2n) is 4.55. The molecule has 92 valence electrons. The van der Waals surface area contributed by atoms with Crippen LogP contribution in [0, 0.1) is 0 Å². The Labute approximate surface area is 101 Å². The number of amides is 1. The van der Waals surface area contributed by atoms with Crippen molar-refractivity contribution < 1.29 is 9.53 Å². The number of benzene rings is 1. The zero-order chi connectivity index (χ0) is 12.4. The molecule has 1 fully saturated rings. The molecule has 1 amide bonds. The van der Waals surface area contributed by atoms with Crippen molar-refractivity contribution in [3.63, 3.8) is 0 Å². The van der Waals surface area contributed by atoms with Crippen LogP contribution >= 0.6 is 0 Å². The summed E-state index contributed by atoms with van der Waals surface area (Å²) in [4.78, 5) is 14.1. The van der Waals surface area contributed by atoms with Gasteiger partial charge in [-0.05, 0) is 26.0 Å². The molecule has 1 aromatic rings. The topological polar surface area (TPSA) is 55.6 Å². The molecular weight excluding hydrogens is 216 g/mol. The highest BCUT2D eigenvalue weighted by atomic mass is 16.5. The van der Waals surface area contributed by atoms with E-state index in [1.165, 1.54) is 0 Å². The molecule has 0 spiro atoms. The Morgan fingerprint density at radius 1 is 1.29 bits per heavy atom. The molecule has 1 aliphatic rings. The molecule has 1 saturated heterocycles. The van der Waals surface area contributed by atoms with Gasteiger partial charge in [0, 0.05) is 18.8 Å². The SMILES string of the molecule is CC1CN(C(=O)c2ccccc2N)CC(C)O1. The largest absolute Gasteiger partial charge is 0.398 e. The number of morpholine rings is 1. The first-order valence-electron chi connectivity index (χ1n) is 5.87. The minimum atomic E-state index is -0.00917. The van der Waals surface area contributed by atoms with Crippen LogP contribution in [0.2, 0.25) is 0 Å². The number of hydrogen-bond donors (Lipinski definition) is 1. The number of nitrogens with two attached hydrogens (primary N) is 1. The number of rotatable bonds is 1. The third-order valence-corrected chi connectivity index (χ3v) is 2.90. The molecule has 0 saturated carbocycles. The lowest BCUT2D eigenvalue weighted by Crippen LogP contribution is -2.48. The second kappa shape index (κ2) is 4.75. The average Bonchev–Trinajstić information content (AvgIpc) is 2.27. The Morgan fingerprint density at radius 3 is 2.47 bits per heavy atom. The number of anilines is 1. The minimum Gasteiger partial charge on any atom is -0.398 e. The van der Waals surface area contributed by atoms with Gasteiger partial charge >= 0.3 is 0 Å². The quantitative estimate of drug-likeness (QED) is 0.749. The lowest BCUT2D eigenvalue weighted by molar-refractivity contribution is -0.0585. The van der Waals surface area contributed by atoms with E-state index in [2.05, 4.69) is 0 Å². The van der Waals surface area contributed by atoms with Crippen LogP contribution in [-0.4, -0.2) is 36.1 Å². The van der Waals surface area contributed by atoms with E-state index < -0.39 is 0 Å². The predicted molar refractivity (Wildman–Crippen MR) is 66.8 cm³/mol. The number of para-hydroxylation sites is 1. The smallest absolute Gasteiger partial charge is 0.256 e. The maximum Gasteiger partial charge on any atom is 0.256 e. The van der Waals surface area contributed by atoms with Crippen molar-refractivity contribution in [1.29, 1.82) is 0 Å². The molecule has 4 nitrogen and oxygen atoms in total. The summed E-state index contributed by atoms with van der Waals surface area (Å²) < 4.78 is 5.61. The molecule has 2 unspecified atom stereocenters. The Morgan fingerprint density at radius 2 is 1.88 bits per heavy atom. The lowest BCUT2D eigenvalue weighted by atomic mass is 10.1. The molecule has 2 rings (SSSR count). The third kappa shape index (κ3) is 2.58. The van der Waals surface area contributed by atoms with Gasteiger partial charge in [0.2, 0.25) is 0 Å². The zero-order valence-corrected chi connectivity index (χ0v) is 10.2. The molecule has 0 bridgehead atoms. The van der Waals surface area contributed by atoms with Crippen LogP contribution in [0.4, 0.5) is 5.69 Å². The van der Waals surface area contributed by atoms with E-state index in [1.54, 1.807) is 12.1 Å². The predicted octanol–water partition coefficient (Wildman–Crippen LogP) is 1.52. The van der Waals surface area contributed by atoms with E-state index in [1.807, 2.05) is 30.9 Å². The highest BCUT2D eigenvalue weighted by Crippen LogP contribution is 2.17. The first-order valence-corrected chi connectivity index (χ1v) is 5.87. The van der Waals surface area contributed by atoms with Gasteiger partial charge in [0.25, 0.3) is 5.91 Å². The van der Waals surface area contributed by atoms with Crippen LogP contribution in [0.15, 0.2) is 24.3 Å². The van der Waals surface area contributed by atoms with Crippen molar-refractivity contribution in [3.8, 4) is 0 Å². The summed E-state index contributed by atoms with van der Waals surface area (Å²) in [6.45, 7) is 5.20. The summed E-state index contributed by atoms with van der Waals surface area (Å²) >= 11 is 0. The van der Waals surface area contributed by atoms with Gasteiger partial charge in [-0.15, -0.1) is 0 Å². The second-order valence-corrected chi connectivity index (χ2v) is 4.55. The average molecular weight is 234 g/mol. The van der Waals surface area contributed by atoms with Gasteiger partial charge < -0.3 is 15.4 Å². The van der Waals surface area contributed by atoms with E-state index in [4.69, 9.17) is 10.5 Å². The maximum absolute atomic E-state index is 12.3. The molecule has 1 heterocycles. The normalized spacial score (nSPS) is 24.7. The fourth-order valence-corrected chi connectivity index (χ4v) is 2.21. The summed E-state index contributed by atoms with van der Waals surface area (Å²) in [5, 5.41) is 0. The zero-order valence-electron chi connectivity index (χ0n) is 10.2. The van der Waals surface area contributed by atoms with Gasteiger partial charge in [-0.25, -0.2) is 0 Å². The molecule has 4 heteroatoms. The van der Waals surface area contributed by atoms with Crippen molar-refractivity contribution in [1.82, 2.24) is 4.90 Å². The van der Waals surface area contributed by atoms with Crippen molar-refractivity contribution in [2.24, 2.45) is 0 Å². The standard InChI is InChI=1S/C13H18N2O2/c1-9-7-15(8-10(2)17-9)13(16)11-5-3-4-6-12(11)14/h3-6,9-10H,7-8,14H2,1-2H3. The van der Waals surface area contributed by atoms with E-state index in [9.17, 15) is 4.79 Å². The monoisotopic (exact) mass is 234 g/mol. The van der Waals surface area contributed by atoms with Crippen LogP contribution in [0.3, 0.4) is 0 Å². The number of nitrogen functional groups attached to an aromatic ring is 1. The van der Waals surface area contributed by atoms with Crippen LogP contribution in [0.1, 0.15) is 24.2 Å². The summed E-state index contributed by atoms with van der Waals surface area (Å²) in [6.07, 6.45) is 0.153. The molecule has 0 aromatic heterocycles. The van der Waals surface area contributed by atoms with Crippen LogP contribution in [0.25, 0.3) is 0 Å². The van der Waals surface area contributed by atoms with Crippen molar-refractivity contribution in [2.75, 3.05) is 18.8 Å². The fraction of sp³-hybridized carbons (Fsp3) is 0.462. The van der Waals surface area contributed by atoms with E-state index in [0.717, 1.165) is 0 Å². The third-order valence-electron chi connectivity index (χ3n) is 2.90. The van der Waals surface area contributed by atoms with Crippen molar-refractivity contribution in [2.45, 2.75) is 26.1 Å². The highest BCUT2D eigenvalue weighted by molar-refractivity contribution is 5.99. The number of carbonyl (C=O) groups excluding carboxylic acids is 1. The van der Waals surface area contributed by atoms with Crippen LogP contribution in [-0.2, 0) is 4.74 Å². The Hall–Kier alpha value is -1.55. The van der Waals surface area contributed by atoms with E-state index in [0.29, 0.717) is 24.3 Å². The number of carbonyl (C=O) groups is 1.